The molecule has 1 aromatic rings. The van der Waals surface area contributed by atoms with E-state index >= 15 is 0 Å². The molecule has 0 spiro atoms. The molecule has 3 fully saturated rings. The Hall–Kier alpha value is -2.19. The van der Waals surface area contributed by atoms with Gasteiger partial charge in [0, 0.05) is 38.6 Å². The zero-order chi connectivity index (χ0) is 22.7. The first kappa shape index (κ1) is 23.0. The van der Waals surface area contributed by atoms with Gasteiger partial charge in [-0.25, -0.2) is 12.7 Å². The summed E-state index contributed by atoms with van der Waals surface area (Å²) in [7, 11) is -3.36. The summed E-state index contributed by atoms with van der Waals surface area (Å²) in [4.78, 5) is 25.9. The van der Waals surface area contributed by atoms with Crippen molar-refractivity contribution in [2.24, 2.45) is 11.8 Å². The van der Waals surface area contributed by atoms with Crippen molar-refractivity contribution in [3.8, 4) is 0 Å². The molecule has 2 amide bonds. The summed E-state index contributed by atoms with van der Waals surface area (Å²) >= 11 is 0. The molecule has 1 saturated carbocycles. The largest absolute Gasteiger partial charge is 0.350 e. The van der Waals surface area contributed by atoms with Crippen LogP contribution >= 0.6 is 0 Å². The highest BCUT2D eigenvalue weighted by Crippen LogP contribution is 2.40. The summed E-state index contributed by atoms with van der Waals surface area (Å²) < 4.78 is 28.2. The maximum atomic E-state index is 13.3. The van der Waals surface area contributed by atoms with Crippen LogP contribution in [0.4, 0.5) is 0 Å². The van der Waals surface area contributed by atoms with E-state index in [0.29, 0.717) is 63.7 Å². The van der Waals surface area contributed by atoms with Crippen LogP contribution in [-0.4, -0.2) is 66.9 Å². The first-order valence-corrected chi connectivity index (χ1v) is 13.1. The quantitative estimate of drug-likeness (QED) is 0.632. The van der Waals surface area contributed by atoms with Crippen molar-refractivity contribution in [2.45, 2.75) is 49.8 Å². The molecule has 2 heterocycles. The van der Waals surface area contributed by atoms with Gasteiger partial charge < -0.3 is 10.2 Å². The van der Waals surface area contributed by atoms with Crippen molar-refractivity contribution in [1.29, 1.82) is 0 Å². The molecule has 7 nitrogen and oxygen atoms in total. The van der Waals surface area contributed by atoms with Gasteiger partial charge in [0.1, 0.15) is 0 Å². The number of fused-ring (bicyclic) bond motifs is 1. The number of carbonyl (C=O) groups excluding carboxylic acids is 2. The van der Waals surface area contributed by atoms with Gasteiger partial charge in [-0.15, -0.1) is 0 Å². The standard InChI is InChI=1S/C24H33N3O4S/c1-2-23(28)25-21-14-19-16-27(17-20(19)15-21)32(30,31)22-10-12-26(13-11-22)24(29)9-8-18-6-4-3-5-7-18/h2-7,19-22H,1,8-17H2,(H,25,28). The third-order valence-electron chi connectivity index (χ3n) is 7.30. The topological polar surface area (TPSA) is 86.8 Å². The van der Waals surface area contributed by atoms with Crippen LogP contribution in [0.5, 0.6) is 0 Å². The zero-order valence-corrected chi connectivity index (χ0v) is 19.3. The van der Waals surface area contributed by atoms with Crippen molar-refractivity contribution in [1.82, 2.24) is 14.5 Å². The van der Waals surface area contributed by atoms with Gasteiger partial charge in [0.25, 0.3) is 0 Å². The van der Waals surface area contributed by atoms with E-state index in [-0.39, 0.29) is 17.9 Å². The van der Waals surface area contributed by atoms with Crippen LogP contribution in [0.2, 0.25) is 0 Å². The molecule has 0 radical (unpaired) electrons. The molecule has 1 N–H and O–H groups in total. The van der Waals surface area contributed by atoms with Crippen molar-refractivity contribution < 1.29 is 18.0 Å². The number of benzene rings is 1. The molecule has 32 heavy (non-hydrogen) atoms. The summed E-state index contributed by atoms with van der Waals surface area (Å²) in [5.74, 6) is 0.552. The molecule has 2 aliphatic heterocycles. The Labute approximate surface area is 190 Å². The highest BCUT2D eigenvalue weighted by atomic mass is 32.2. The number of nitrogens with one attached hydrogen (secondary N) is 1. The fourth-order valence-electron chi connectivity index (χ4n) is 5.51. The number of sulfonamides is 1. The molecule has 2 atom stereocenters. The van der Waals surface area contributed by atoms with Gasteiger partial charge in [0.2, 0.25) is 21.8 Å². The summed E-state index contributed by atoms with van der Waals surface area (Å²) in [5.41, 5.74) is 1.14. The highest BCUT2D eigenvalue weighted by Gasteiger charge is 2.47. The van der Waals surface area contributed by atoms with E-state index in [1.54, 1.807) is 4.31 Å². The molecule has 0 bridgehead atoms. The number of hydrogen-bond donors (Lipinski definition) is 1. The highest BCUT2D eigenvalue weighted by molar-refractivity contribution is 7.89. The molecule has 4 rings (SSSR count). The van der Waals surface area contributed by atoms with Crippen LogP contribution in [0.3, 0.4) is 0 Å². The van der Waals surface area contributed by atoms with Gasteiger partial charge in [-0.2, -0.15) is 0 Å². The average Bonchev–Trinajstić information content (AvgIpc) is 3.37. The number of hydrogen-bond acceptors (Lipinski definition) is 4. The number of piperidine rings is 1. The van der Waals surface area contributed by atoms with E-state index in [1.807, 2.05) is 35.2 Å². The second kappa shape index (κ2) is 9.75. The normalized spacial score (nSPS) is 26.6. The van der Waals surface area contributed by atoms with Gasteiger partial charge in [-0.3, -0.25) is 9.59 Å². The third kappa shape index (κ3) is 5.07. The van der Waals surface area contributed by atoms with Crippen LogP contribution in [0.25, 0.3) is 0 Å². The van der Waals surface area contributed by atoms with Gasteiger partial charge in [0.05, 0.1) is 5.25 Å². The molecular formula is C24H33N3O4S. The van der Waals surface area contributed by atoms with Crippen molar-refractivity contribution >= 4 is 21.8 Å². The van der Waals surface area contributed by atoms with Crippen molar-refractivity contribution in [2.75, 3.05) is 26.2 Å². The van der Waals surface area contributed by atoms with Gasteiger partial charge in [0.15, 0.2) is 0 Å². The molecule has 0 aromatic heterocycles. The van der Waals surface area contributed by atoms with Crippen molar-refractivity contribution in [3.05, 3.63) is 48.6 Å². The minimum atomic E-state index is -3.36. The zero-order valence-electron chi connectivity index (χ0n) is 18.5. The van der Waals surface area contributed by atoms with Crippen LogP contribution in [0.15, 0.2) is 43.0 Å². The lowest BCUT2D eigenvalue weighted by Crippen LogP contribution is -2.46. The van der Waals surface area contributed by atoms with Crippen LogP contribution < -0.4 is 5.32 Å². The summed E-state index contributed by atoms with van der Waals surface area (Å²) in [6.45, 7) is 5.59. The molecule has 2 unspecified atom stereocenters. The summed E-state index contributed by atoms with van der Waals surface area (Å²) in [6.07, 6.45) is 5.11. The number of likely N-dealkylation sites (tertiary alicyclic amines) is 1. The Bertz CT molecular complexity index is 927. The minimum Gasteiger partial charge on any atom is -0.350 e. The second-order valence-electron chi connectivity index (χ2n) is 9.33. The van der Waals surface area contributed by atoms with E-state index in [0.717, 1.165) is 18.4 Å². The molecule has 1 aromatic carbocycles. The second-order valence-corrected chi connectivity index (χ2v) is 11.5. The van der Waals surface area contributed by atoms with E-state index in [1.165, 1.54) is 6.08 Å². The molecule has 2 saturated heterocycles. The summed E-state index contributed by atoms with van der Waals surface area (Å²) in [6, 6.07) is 10.1. The predicted molar refractivity (Wildman–Crippen MR) is 123 cm³/mol. The third-order valence-corrected chi connectivity index (χ3v) is 9.63. The molecule has 1 aliphatic carbocycles. The monoisotopic (exact) mass is 459 g/mol. The van der Waals surface area contributed by atoms with E-state index in [9.17, 15) is 18.0 Å². The maximum absolute atomic E-state index is 13.3. The van der Waals surface area contributed by atoms with E-state index in [4.69, 9.17) is 0 Å². The predicted octanol–water partition coefficient (Wildman–Crippen LogP) is 1.95. The Morgan fingerprint density at radius 1 is 1.06 bits per heavy atom. The van der Waals surface area contributed by atoms with Crippen LogP contribution in [0.1, 0.15) is 37.7 Å². The number of rotatable bonds is 7. The smallest absolute Gasteiger partial charge is 0.243 e. The molecular weight excluding hydrogens is 426 g/mol. The van der Waals surface area contributed by atoms with Crippen LogP contribution in [0, 0.1) is 11.8 Å². The number of carbonyl (C=O) groups is 2. The first-order valence-electron chi connectivity index (χ1n) is 11.6. The fourth-order valence-corrected chi connectivity index (χ4v) is 7.54. The Kier molecular flexibility index (Phi) is 7.00. The molecule has 3 aliphatic rings. The van der Waals surface area contributed by atoms with E-state index < -0.39 is 15.3 Å². The number of aryl methyl sites for hydroxylation is 1. The van der Waals surface area contributed by atoms with Gasteiger partial charge >= 0.3 is 0 Å². The van der Waals surface area contributed by atoms with Gasteiger partial charge in [-0.1, -0.05) is 36.9 Å². The van der Waals surface area contributed by atoms with E-state index in [2.05, 4.69) is 11.9 Å². The Morgan fingerprint density at radius 2 is 1.69 bits per heavy atom. The lowest BCUT2D eigenvalue weighted by molar-refractivity contribution is -0.132. The first-order chi connectivity index (χ1) is 15.4. The molecule has 8 heteroatoms. The fraction of sp³-hybridized carbons (Fsp3) is 0.583. The average molecular weight is 460 g/mol. The lowest BCUT2D eigenvalue weighted by atomic mass is 10.0. The maximum Gasteiger partial charge on any atom is 0.243 e. The Balaban J connectivity index is 1.24. The number of amides is 2. The SMILES string of the molecule is C=CC(=O)NC1CC2CN(S(=O)(=O)C3CCN(C(=O)CCc4ccccc4)CC3)CC2C1. The van der Waals surface area contributed by atoms with Crippen molar-refractivity contribution in [3.63, 3.8) is 0 Å². The minimum absolute atomic E-state index is 0.105. The van der Waals surface area contributed by atoms with Gasteiger partial charge in [-0.05, 0) is 55.6 Å². The lowest BCUT2D eigenvalue weighted by Gasteiger charge is -2.34. The van der Waals surface area contributed by atoms with Crippen LogP contribution in [-0.2, 0) is 26.0 Å². The summed E-state index contributed by atoms with van der Waals surface area (Å²) in [5, 5.41) is 2.54. The number of nitrogens with zero attached hydrogens (tertiary/aromatic N) is 2. The molecule has 174 valence electrons. The Morgan fingerprint density at radius 3 is 2.28 bits per heavy atom.